The SMILES string of the molecule is C=CCCC1OC1CC(=C)CCC1OC1CCCC/C=C/CC/C=C/CC(C)/C=C/CC(C)CCCCCCC(=O)CCCC(CC(O)CC(=O)C[C@H]1CC[C@H]([C@H]2C[C@@H](O)[C@@H](OS(=O)(=O)O)[C@H](CC(C)O)O2)O1)O[C@@H]1O[C@H](CO[C@@H]2O[C@H](CO)[C@@H](O)[C@H](O)[C@H]2O)[C@@H](O)[C@H](O)[C@H]1O. The van der Waals surface area contributed by atoms with Crippen LogP contribution in [0.3, 0.4) is 0 Å². The minimum Gasteiger partial charge on any atom is -0.394 e. The molecule has 0 aromatic rings. The molecule has 0 bridgehead atoms. The lowest BCUT2D eigenvalue weighted by molar-refractivity contribution is -0.336. The second-order valence-corrected chi connectivity index (χ2v) is 29.1. The first-order chi connectivity index (χ1) is 45.8. The summed E-state index contributed by atoms with van der Waals surface area (Å²) in [6, 6.07) is 0. The molecule has 0 aromatic heterocycles. The molecule has 24 nitrogen and oxygen atoms in total. The summed E-state index contributed by atoms with van der Waals surface area (Å²) in [4.78, 5) is 26.7. The Morgan fingerprint density at radius 2 is 1.27 bits per heavy atom. The van der Waals surface area contributed by atoms with Crippen molar-refractivity contribution in [2.75, 3.05) is 13.2 Å². The van der Waals surface area contributed by atoms with Crippen molar-refractivity contribution in [2.24, 2.45) is 11.8 Å². The van der Waals surface area contributed by atoms with Crippen molar-refractivity contribution >= 4 is 22.0 Å². The van der Waals surface area contributed by atoms with Crippen molar-refractivity contribution in [1.82, 2.24) is 0 Å². The summed E-state index contributed by atoms with van der Waals surface area (Å²) >= 11 is 0. The lowest BCUT2D eigenvalue weighted by atomic mass is 9.91. The van der Waals surface area contributed by atoms with Crippen molar-refractivity contribution in [3.8, 4) is 0 Å². The molecule has 11 N–H and O–H groups in total. The van der Waals surface area contributed by atoms with Gasteiger partial charge in [0.2, 0.25) is 0 Å². The highest BCUT2D eigenvalue weighted by molar-refractivity contribution is 7.80. The predicted molar refractivity (Wildman–Crippen MR) is 355 cm³/mol. The zero-order valence-electron chi connectivity index (χ0n) is 56.9. The highest BCUT2D eigenvalue weighted by atomic mass is 32.3. The minimum absolute atomic E-state index is 0.0347. The number of carbonyl (C=O) groups is 2. The number of unbranched alkanes of at least 4 members (excludes halogenated alkanes) is 6. The number of carbonyl (C=O) groups excluding carboxylic acids is 2. The van der Waals surface area contributed by atoms with Crippen LogP contribution in [0.1, 0.15) is 207 Å². The van der Waals surface area contributed by atoms with Gasteiger partial charge in [-0.15, -0.1) is 6.58 Å². The van der Waals surface area contributed by atoms with Gasteiger partial charge in [-0.3, -0.25) is 14.1 Å². The molecule has 0 aromatic carbocycles. The highest BCUT2D eigenvalue weighted by Gasteiger charge is 2.50. The maximum Gasteiger partial charge on any atom is 0.397 e. The maximum absolute atomic E-state index is 13.5. The normalized spacial score (nSPS) is 34.1. The number of epoxide rings is 2. The molecular weight excluding hydrogens is 1270 g/mol. The standard InChI is InChI=1S/C71H118O24S/c1-6-7-30-55-58(91-55)36-46(4)32-34-56-54(90-56)31-20-14-12-10-8-9-11-13-17-23-44(2)25-21-26-45(3)24-18-15-16-19-27-48(74)28-22-29-51(89-71-68(83)66(81)64(79)62(94-71)43-87-70-67(82)65(80)63(78)61(42-72)93-70)39-49(75)38-50(76)40-52-33-35-57(88-52)59-41-53(77)69(95-96(84,85)86)60(92-59)37-47(5)73/h6,8,10,13,17,21,25,44-45,47,49,51-73,75,77-83H,1,4,7,9,11-12,14-16,18-20,22-24,26-43H2,2-3,5H3,(H,84,85,86)/b10-8+,17-13+,25-21+/t44?,45?,47?,49?,51?,52-,53-,54?,55?,56?,57-,58?,59-,60+,61-,62-,63-,64-,65+,66+,67-,68-,69-,70-,71-/m1/s1. The Labute approximate surface area is 569 Å². The summed E-state index contributed by atoms with van der Waals surface area (Å²) in [5.74, 6) is 0.669. The molecule has 9 unspecified atom stereocenters. The minimum atomic E-state index is -4.97. The average molecular weight is 1390 g/mol. The van der Waals surface area contributed by atoms with Crippen LogP contribution in [-0.4, -0.2) is 230 Å². The van der Waals surface area contributed by atoms with Gasteiger partial charge in [-0.1, -0.05) is 101 Å². The van der Waals surface area contributed by atoms with E-state index in [-0.39, 0.29) is 56.5 Å². The number of ketones is 2. The fourth-order valence-corrected chi connectivity index (χ4v) is 14.0. The molecule has 6 heterocycles. The van der Waals surface area contributed by atoms with Gasteiger partial charge < -0.3 is 89.0 Å². The molecule has 25 atom stereocenters. The molecule has 0 aliphatic carbocycles. The average Bonchev–Trinajstić information content (AvgIpc) is 1.18. The maximum atomic E-state index is 13.5. The molecular formula is C71H118O24S. The molecule has 0 spiro atoms. The summed E-state index contributed by atoms with van der Waals surface area (Å²) in [7, 11) is -4.97. The molecule has 96 heavy (non-hydrogen) atoms. The summed E-state index contributed by atoms with van der Waals surface area (Å²) in [5.41, 5.74) is 1.28. The summed E-state index contributed by atoms with van der Waals surface area (Å²) in [6.45, 7) is 12.7. The second-order valence-electron chi connectivity index (χ2n) is 28.1. The van der Waals surface area contributed by atoms with Crippen LogP contribution in [0.4, 0.5) is 0 Å². The van der Waals surface area contributed by atoms with Gasteiger partial charge in [0.25, 0.3) is 0 Å². The van der Waals surface area contributed by atoms with Gasteiger partial charge in [0.05, 0.1) is 86.5 Å². The van der Waals surface area contributed by atoms with Gasteiger partial charge >= 0.3 is 10.4 Å². The Balaban J connectivity index is 0.855. The van der Waals surface area contributed by atoms with Crippen molar-refractivity contribution in [1.29, 1.82) is 0 Å². The Morgan fingerprint density at radius 3 is 2.00 bits per heavy atom. The Hall–Kier alpha value is -2.81. The molecule has 6 saturated heterocycles. The lowest BCUT2D eigenvalue weighted by Crippen LogP contribution is -2.62. The molecule has 552 valence electrons. The Bertz CT molecular complexity index is 2480. The lowest BCUT2D eigenvalue weighted by Gasteiger charge is -2.43. The van der Waals surface area contributed by atoms with E-state index in [1.807, 2.05) is 6.08 Å². The van der Waals surface area contributed by atoms with Crippen LogP contribution < -0.4 is 0 Å². The van der Waals surface area contributed by atoms with Crippen molar-refractivity contribution in [2.45, 2.75) is 348 Å². The summed E-state index contributed by atoms with van der Waals surface area (Å²) in [6.07, 6.45) is 11.1. The molecule has 6 aliphatic rings. The van der Waals surface area contributed by atoms with E-state index in [4.69, 9.17) is 42.1 Å². The van der Waals surface area contributed by atoms with Crippen LogP contribution in [0.2, 0.25) is 0 Å². The van der Waals surface area contributed by atoms with Crippen LogP contribution in [0.15, 0.2) is 61.3 Å². The number of hydrogen-bond acceptors (Lipinski definition) is 23. The Morgan fingerprint density at radius 1 is 0.604 bits per heavy atom. The third-order valence-electron chi connectivity index (χ3n) is 19.3. The fourth-order valence-electron chi connectivity index (χ4n) is 13.5. The molecule has 0 saturated carbocycles. The zero-order valence-corrected chi connectivity index (χ0v) is 57.8. The van der Waals surface area contributed by atoms with Gasteiger partial charge in [0.1, 0.15) is 66.5 Å². The Kier molecular flexibility index (Phi) is 36.4. The molecule has 0 radical (unpaired) electrons. The quantitative estimate of drug-likeness (QED) is 0.0134. The topological polar surface area (TPSA) is 380 Å². The predicted octanol–water partition coefficient (Wildman–Crippen LogP) is 6.49. The van der Waals surface area contributed by atoms with Gasteiger partial charge in [-0.2, -0.15) is 8.42 Å². The van der Waals surface area contributed by atoms with Crippen LogP contribution in [0, 0.1) is 11.8 Å². The summed E-state index contributed by atoms with van der Waals surface area (Å²) in [5, 5.41) is 106. The van der Waals surface area contributed by atoms with E-state index in [2.05, 4.69) is 63.5 Å². The van der Waals surface area contributed by atoms with Crippen molar-refractivity contribution in [3.05, 3.63) is 61.3 Å². The number of Topliss-reactive ketones (excluding diaryl/α,β-unsaturated/α-hetero) is 2. The van der Waals surface area contributed by atoms with Gasteiger partial charge in [-0.25, -0.2) is 4.18 Å². The largest absolute Gasteiger partial charge is 0.397 e. The number of allylic oxidation sites excluding steroid dienone is 7. The van der Waals surface area contributed by atoms with E-state index in [1.54, 1.807) is 0 Å². The number of aliphatic hydroxyl groups excluding tert-OH is 10. The van der Waals surface area contributed by atoms with Crippen molar-refractivity contribution < 1.29 is 116 Å². The molecule has 25 heteroatoms. The van der Waals surface area contributed by atoms with E-state index >= 15 is 0 Å². The van der Waals surface area contributed by atoms with Crippen LogP contribution in [0.5, 0.6) is 0 Å². The molecule has 6 rings (SSSR count). The highest BCUT2D eigenvalue weighted by Crippen LogP contribution is 2.38. The third kappa shape index (κ3) is 29.6. The number of aliphatic hydroxyl groups is 10. The van der Waals surface area contributed by atoms with E-state index in [0.717, 1.165) is 103 Å². The first kappa shape index (κ1) is 82.1. The van der Waals surface area contributed by atoms with Crippen LogP contribution in [-0.2, 0) is 62.1 Å². The number of ether oxygens (including phenoxy) is 8. The van der Waals surface area contributed by atoms with E-state index in [9.17, 15) is 73.6 Å². The van der Waals surface area contributed by atoms with Gasteiger partial charge in [0, 0.05) is 44.9 Å². The van der Waals surface area contributed by atoms with Gasteiger partial charge in [0.15, 0.2) is 12.6 Å². The third-order valence-corrected chi connectivity index (χ3v) is 19.8. The first-order valence-electron chi connectivity index (χ1n) is 35.7. The van der Waals surface area contributed by atoms with Crippen LogP contribution in [0.25, 0.3) is 0 Å². The smallest absolute Gasteiger partial charge is 0.394 e. The molecule has 0 amide bonds. The zero-order chi connectivity index (χ0) is 69.9. The first-order valence-corrected chi connectivity index (χ1v) is 37.1. The second kappa shape index (κ2) is 42.6. The summed E-state index contributed by atoms with van der Waals surface area (Å²) < 4.78 is 84.0. The van der Waals surface area contributed by atoms with Crippen LogP contribution >= 0.6 is 0 Å². The molecule has 6 aliphatic heterocycles. The monoisotopic (exact) mass is 1390 g/mol. The van der Waals surface area contributed by atoms with E-state index in [1.165, 1.54) is 25.3 Å². The molecule has 6 fully saturated rings. The van der Waals surface area contributed by atoms with Crippen molar-refractivity contribution in [3.63, 3.8) is 0 Å². The fraction of sp³-hybridized carbons (Fsp3) is 0.831. The van der Waals surface area contributed by atoms with E-state index < -0.39 is 140 Å². The number of rotatable bonds is 49. The van der Waals surface area contributed by atoms with E-state index in [0.29, 0.717) is 61.9 Å². The van der Waals surface area contributed by atoms with Gasteiger partial charge in [-0.05, 0) is 128 Å². The number of hydrogen-bond donors (Lipinski definition) is 11.